The van der Waals surface area contributed by atoms with E-state index in [1.54, 1.807) is 0 Å². The van der Waals surface area contributed by atoms with Crippen molar-refractivity contribution in [1.82, 2.24) is 5.32 Å². The Morgan fingerprint density at radius 3 is 2.21 bits per heavy atom. The molecule has 0 fully saturated rings. The third-order valence-corrected chi connectivity index (χ3v) is 2.28. The van der Waals surface area contributed by atoms with E-state index in [0.717, 1.165) is 13.1 Å². The largest absolute Gasteiger partial charge is 0.384 e. The number of nitrogens with one attached hydrogen (secondary N) is 2. The van der Waals surface area contributed by atoms with E-state index in [2.05, 4.69) is 48.7 Å². The van der Waals surface area contributed by atoms with Gasteiger partial charge in [-0.15, -0.1) is 0 Å². The first-order valence-corrected chi connectivity index (χ1v) is 5.22. The monoisotopic (exact) mass is 192 g/mol. The van der Waals surface area contributed by atoms with Gasteiger partial charge >= 0.3 is 0 Å². The van der Waals surface area contributed by atoms with Gasteiger partial charge in [0.05, 0.1) is 0 Å². The zero-order valence-electron chi connectivity index (χ0n) is 9.30. The smallest absolute Gasteiger partial charge is 0.0340 e. The van der Waals surface area contributed by atoms with Crippen molar-refractivity contribution in [2.75, 3.05) is 25.5 Å². The van der Waals surface area contributed by atoms with Gasteiger partial charge in [-0.1, -0.05) is 26.0 Å². The molecule has 78 valence electrons. The zero-order chi connectivity index (χ0) is 10.4. The average molecular weight is 192 g/mol. The first-order valence-electron chi connectivity index (χ1n) is 5.22. The van der Waals surface area contributed by atoms with Gasteiger partial charge in [0, 0.05) is 18.8 Å². The summed E-state index contributed by atoms with van der Waals surface area (Å²) >= 11 is 0. The topological polar surface area (TPSA) is 24.1 Å². The minimum Gasteiger partial charge on any atom is -0.384 e. The highest BCUT2D eigenvalue weighted by Gasteiger charge is 1.97. The van der Waals surface area contributed by atoms with Crippen LogP contribution >= 0.6 is 0 Å². The minimum absolute atomic E-state index is 0.612. The summed E-state index contributed by atoms with van der Waals surface area (Å²) in [6.07, 6.45) is 0. The van der Waals surface area contributed by atoms with Crippen LogP contribution in [0.1, 0.15) is 25.3 Å². The van der Waals surface area contributed by atoms with Gasteiger partial charge in [-0.05, 0) is 30.7 Å². The Kier molecular flexibility index (Phi) is 4.47. The Labute approximate surface area is 86.7 Å². The molecule has 0 unspecified atom stereocenters. The molecule has 0 saturated carbocycles. The van der Waals surface area contributed by atoms with Crippen LogP contribution in [0, 0.1) is 0 Å². The van der Waals surface area contributed by atoms with E-state index >= 15 is 0 Å². The molecule has 1 aromatic carbocycles. The summed E-state index contributed by atoms with van der Waals surface area (Å²) in [6, 6.07) is 8.66. The van der Waals surface area contributed by atoms with E-state index in [0.29, 0.717) is 5.92 Å². The molecule has 2 N–H and O–H groups in total. The Morgan fingerprint density at radius 1 is 1.07 bits per heavy atom. The van der Waals surface area contributed by atoms with Crippen LogP contribution in [0.2, 0.25) is 0 Å². The van der Waals surface area contributed by atoms with Crippen LogP contribution in [0.15, 0.2) is 24.3 Å². The van der Waals surface area contributed by atoms with Crippen molar-refractivity contribution in [3.63, 3.8) is 0 Å². The quantitative estimate of drug-likeness (QED) is 0.700. The Balaban J connectivity index is 2.47. The number of hydrogen-bond donors (Lipinski definition) is 2. The summed E-state index contributed by atoms with van der Waals surface area (Å²) in [5, 5.41) is 6.45. The molecule has 1 rings (SSSR count). The number of likely N-dealkylation sites (N-methyl/N-ethyl adjacent to an activating group) is 1. The second-order valence-electron chi connectivity index (χ2n) is 3.81. The predicted molar refractivity (Wildman–Crippen MR) is 62.9 cm³/mol. The molecule has 0 heterocycles. The third kappa shape index (κ3) is 3.38. The maximum absolute atomic E-state index is 3.35. The van der Waals surface area contributed by atoms with Crippen molar-refractivity contribution in [3.8, 4) is 0 Å². The molecule has 2 heteroatoms. The fraction of sp³-hybridized carbons (Fsp3) is 0.500. The van der Waals surface area contributed by atoms with Gasteiger partial charge in [0.25, 0.3) is 0 Å². The molecule has 0 spiro atoms. The lowest BCUT2D eigenvalue weighted by molar-refractivity contribution is 0.823. The molecular formula is C12H20N2. The summed E-state index contributed by atoms with van der Waals surface area (Å²) in [5.41, 5.74) is 2.59. The fourth-order valence-electron chi connectivity index (χ4n) is 1.32. The van der Waals surface area contributed by atoms with Gasteiger partial charge in [-0.3, -0.25) is 0 Å². The molecule has 0 amide bonds. The van der Waals surface area contributed by atoms with Crippen LogP contribution in [-0.4, -0.2) is 20.1 Å². The predicted octanol–water partition coefficient (Wildman–Crippen LogP) is 2.44. The van der Waals surface area contributed by atoms with E-state index in [1.807, 2.05) is 7.05 Å². The van der Waals surface area contributed by atoms with Crippen molar-refractivity contribution >= 4 is 5.69 Å². The van der Waals surface area contributed by atoms with E-state index in [4.69, 9.17) is 0 Å². The van der Waals surface area contributed by atoms with Crippen molar-refractivity contribution in [2.45, 2.75) is 19.8 Å². The Morgan fingerprint density at radius 2 is 1.71 bits per heavy atom. The molecule has 0 aliphatic carbocycles. The second-order valence-corrected chi connectivity index (χ2v) is 3.81. The molecule has 0 aliphatic heterocycles. The van der Waals surface area contributed by atoms with Crippen molar-refractivity contribution in [3.05, 3.63) is 29.8 Å². The van der Waals surface area contributed by atoms with Gasteiger partial charge in [-0.2, -0.15) is 0 Å². The van der Waals surface area contributed by atoms with E-state index in [1.165, 1.54) is 11.3 Å². The van der Waals surface area contributed by atoms with Crippen molar-refractivity contribution in [1.29, 1.82) is 0 Å². The van der Waals surface area contributed by atoms with E-state index in [9.17, 15) is 0 Å². The molecule has 0 radical (unpaired) electrons. The lowest BCUT2D eigenvalue weighted by atomic mass is 10.0. The fourth-order valence-corrected chi connectivity index (χ4v) is 1.32. The molecule has 0 aromatic heterocycles. The van der Waals surface area contributed by atoms with Crippen LogP contribution in [0.25, 0.3) is 0 Å². The number of anilines is 1. The van der Waals surface area contributed by atoms with Crippen molar-refractivity contribution < 1.29 is 0 Å². The van der Waals surface area contributed by atoms with Gasteiger partial charge in [0.2, 0.25) is 0 Å². The minimum atomic E-state index is 0.612. The lowest BCUT2D eigenvalue weighted by Gasteiger charge is -2.08. The molecule has 0 bridgehead atoms. The summed E-state index contributed by atoms with van der Waals surface area (Å²) in [4.78, 5) is 0. The molecule has 1 aromatic rings. The van der Waals surface area contributed by atoms with Gasteiger partial charge in [0.1, 0.15) is 0 Å². The molecule has 0 atom stereocenters. The first-order chi connectivity index (χ1) is 6.74. The molecule has 0 saturated heterocycles. The highest BCUT2D eigenvalue weighted by atomic mass is 14.9. The van der Waals surface area contributed by atoms with Crippen LogP contribution < -0.4 is 10.6 Å². The summed E-state index contributed by atoms with van der Waals surface area (Å²) in [6.45, 7) is 6.39. The van der Waals surface area contributed by atoms with Crippen LogP contribution in [0.3, 0.4) is 0 Å². The normalized spacial score (nSPS) is 10.6. The van der Waals surface area contributed by atoms with E-state index < -0.39 is 0 Å². The van der Waals surface area contributed by atoms with Gasteiger partial charge in [0.15, 0.2) is 0 Å². The number of benzene rings is 1. The SMILES string of the molecule is CNCCNc1ccc(C(C)C)cc1. The summed E-state index contributed by atoms with van der Waals surface area (Å²) in [5.74, 6) is 0.612. The average Bonchev–Trinajstić information content (AvgIpc) is 2.19. The maximum atomic E-state index is 3.35. The Bertz CT molecular complexity index is 252. The van der Waals surface area contributed by atoms with Crippen LogP contribution in [-0.2, 0) is 0 Å². The maximum Gasteiger partial charge on any atom is 0.0340 e. The molecule has 2 nitrogen and oxygen atoms in total. The summed E-state index contributed by atoms with van der Waals surface area (Å²) in [7, 11) is 1.96. The highest BCUT2D eigenvalue weighted by Crippen LogP contribution is 2.16. The van der Waals surface area contributed by atoms with Gasteiger partial charge in [-0.25, -0.2) is 0 Å². The Hall–Kier alpha value is -1.02. The van der Waals surface area contributed by atoms with Crippen molar-refractivity contribution in [2.24, 2.45) is 0 Å². The molecule has 0 aliphatic rings. The van der Waals surface area contributed by atoms with Gasteiger partial charge < -0.3 is 10.6 Å². The lowest BCUT2D eigenvalue weighted by Crippen LogP contribution is -2.17. The zero-order valence-corrected chi connectivity index (χ0v) is 9.30. The van der Waals surface area contributed by atoms with Crippen LogP contribution in [0.4, 0.5) is 5.69 Å². The van der Waals surface area contributed by atoms with E-state index in [-0.39, 0.29) is 0 Å². The third-order valence-electron chi connectivity index (χ3n) is 2.28. The first kappa shape index (κ1) is 11.1. The molecular weight excluding hydrogens is 172 g/mol. The summed E-state index contributed by atoms with van der Waals surface area (Å²) < 4.78 is 0. The molecule has 14 heavy (non-hydrogen) atoms. The number of hydrogen-bond acceptors (Lipinski definition) is 2. The van der Waals surface area contributed by atoms with Crippen LogP contribution in [0.5, 0.6) is 0 Å². The highest BCUT2D eigenvalue weighted by molar-refractivity contribution is 5.45. The second kappa shape index (κ2) is 5.66. The number of rotatable bonds is 5. The standard InChI is InChI=1S/C12H20N2/c1-10(2)11-4-6-12(7-5-11)14-9-8-13-3/h4-7,10,13-14H,8-9H2,1-3H3.